The first kappa shape index (κ1) is 17.1. The molecule has 0 radical (unpaired) electrons. The van der Waals surface area contributed by atoms with Crippen LogP contribution in [-0.4, -0.2) is 24.9 Å². The van der Waals surface area contributed by atoms with E-state index in [4.69, 9.17) is 0 Å². The van der Waals surface area contributed by atoms with Gasteiger partial charge in [0.05, 0.1) is 4.88 Å². The minimum Gasteiger partial charge on any atom is -0.356 e. The molecule has 2 N–H and O–H groups in total. The van der Waals surface area contributed by atoms with Crippen molar-refractivity contribution in [2.75, 3.05) is 13.1 Å². The number of carbonyl (C=O) groups is 2. The number of rotatable bonds is 7. The summed E-state index contributed by atoms with van der Waals surface area (Å²) in [5.74, 6) is 2.87. The molecule has 1 heterocycles. The monoisotopic (exact) mass is 360 g/mol. The number of carbonyl (C=O) groups excluding carboxylic acids is 2. The van der Waals surface area contributed by atoms with Crippen LogP contribution in [0.2, 0.25) is 0 Å². The van der Waals surface area contributed by atoms with Gasteiger partial charge in [-0.2, -0.15) is 0 Å². The van der Waals surface area contributed by atoms with Crippen molar-refractivity contribution in [1.82, 2.24) is 10.6 Å². The van der Waals surface area contributed by atoms with E-state index in [0.29, 0.717) is 23.3 Å². The molecule has 1 aromatic rings. The molecule has 4 fully saturated rings. The van der Waals surface area contributed by atoms with E-state index in [-0.39, 0.29) is 11.8 Å². The number of nitrogens with one attached hydrogen (secondary N) is 2. The fourth-order valence-electron chi connectivity index (χ4n) is 5.94. The number of hydrogen-bond donors (Lipinski definition) is 2. The smallest absolute Gasteiger partial charge is 0.261 e. The third-order valence-corrected chi connectivity index (χ3v) is 7.39. The number of thiophene rings is 1. The van der Waals surface area contributed by atoms with Crippen LogP contribution in [0.5, 0.6) is 0 Å². The molecule has 5 rings (SSSR count). The molecule has 4 saturated carbocycles. The molecule has 136 valence electrons. The van der Waals surface area contributed by atoms with Gasteiger partial charge < -0.3 is 10.6 Å². The average molecular weight is 361 g/mol. The molecule has 0 spiro atoms. The van der Waals surface area contributed by atoms with Gasteiger partial charge >= 0.3 is 0 Å². The third-order valence-electron chi connectivity index (χ3n) is 6.53. The van der Waals surface area contributed by atoms with Gasteiger partial charge in [-0.05, 0) is 79.6 Å². The molecule has 25 heavy (non-hydrogen) atoms. The molecule has 0 atom stereocenters. The highest BCUT2D eigenvalue weighted by atomic mass is 32.1. The van der Waals surface area contributed by atoms with E-state index in [2.05, 4.69) is 10.6 Å². The Bertz CT molecular complexity index is 590. The zero-order valence-corrected chi connectivity index (χ0v) is 15.6. The molecule has 1 aromatic heterocycles. The zero-order valence-electron chi connectivity index (χ0n) is 14.8. The van der Waals surface area contributed by atoms with Gasteiger partial charge in [-0.25, -0.2) is 0 Å². The zero-order chi connectivity index (χ0) is 17.3. The largest absolute Gasteiger partial charge is 0.356 e. The summed E-state index contributed by atoms with van der Waals surface area (Å²) < 4.78 is 0. The van der Waals surface area contributed by atoms with Gasteiger partial charge in [-0.1, -0.05) is 6.07 Å². The minimum atomic E-state index is -0.0867. The average Bonchev–Trinajstić information content (AvgIpc) is 3.07. The van der Waals surface area contributed by atoms with Crippen molar-refractivity contribution in [1.29, 1.82) is 0 Å². The molecule has 0 unspecified atom stereocenters. The Morgan fingerprint density at radius 1 is 1.04 bits per heavy atom. The second kappa shape index (κ2) is 7.10. The lowest BCUT2D eigenvalue weighted by Crippen LogP contribution is -2.47. The van der Waals surface area contributed by atoms with Gasteiger partial charge in [-0.15, -0.1) is 11.3 Å². The highest BCUT2D eigenvalue weighted by Gasteiger charge is 2.50. The lowest BCUT2D eigenvalue weighted by atomic mass is 9.49. The summed E-state index contributed by atoms with van der Waals surface area (Å²) in [5.41, 5.74) is 0.523. The van der Waals surface area contributed by atoms with Gasteiger partial charge in [0, 0.05) is 19.5 Å². The summed E-state index contributed by atoms with van der Waals surface area (Å²) in [6.45, 7) is 1.20. The van der Waals surface area contributed by atoms with E-state index < -0.39 is 0 Å². The van der Waals surface area contributed by atoms with Gasteiger partial charge in [-0.3, -0.25) is 9.59 Å². The summed E-state index contributed by atoms with van der Waals surface area (Å²) in [6.07, 6.45) is 10.1. The van der Waals surface area contributed by atoms with Crippen molar-refractivity contribution in [2.45, 2.75) is 51.4 Å². The van der Waals surface area contributed by atoms with E-state index in [0.717, 1.165) is 30.7 Å². The lowest BCUT2D eigenvalue weighted by molar-refractivity contribution is -0.121. The second-order valence-electron chi connectivity index (χ2n) is 8.50. The minimum absolute atomic E-state index is 0.0520. The lowest BCUT2D eigenvalue weighted by Gasteiger charge is -2.57. The van der Waals surface area contributed by atoms with E-state index in [1.165, 1.54) is 49.9 Å². The van der Waals surface area contributed by atoms with Crippen LogP contribution in [0.1, 0.15) is 61.0 Å². The van der Waals surface area contributed by atoms with Gasteiger partial charge in [0.25, 0.3) is 5.91 Å². The summed E-state index contributed by atoms with van der Waals surface area (Å²) in [4.78, 5) is 24.6. The molecule has 4 nitrogen and oxygen atoms in total. The Kier molecular flexibility index (Phi) is 4.85. The summed E-state index contributed by atoms with van der Waals surface area (Å²) in [7, 11) is 0. The predicted molar refractivity (Wildman–Crippen MR) is 99.5 cm³/mol. The van der Waals surface area contributed by atoms with Crippen LogP contribution < -0.4 is 10.6 Å². The first-order valence-electron chi connectivity index (χ1n) is 9.70. The van der Waals surface area contributed by atoms with Gasteiger partial charge in [0.15, 0.2) is 0 Å². The fraction of sp³-hybridized carbons (Fsp3) is 0.700. The molecule has 4 aliphatic rings. The first-order valence-corrected chi connectivity index (χ1v) is 10.6. The molecule has 0 aromatic carbocycles. The van der Waals surface area contributed by atoms with Crippen molar-refractivity contribution in [2.24, 2.45) is 23.2 Å². The summed E-state index contributed by atoms with van der Waals surface area (Å²) in [5, 5.41) is 7.77. The van der Waals surface area contributed by atoms with E-state index in [9.17, 15) is 9.59 Å². The highest BCUT2D eigenvalue weighted by molar-refractivity contribution is 7.12. The summed E-state index contributed by atoms with van der Waals surface area (Å²) in [6, 6.07) is 3.66. The molecular formula is C20H28N2O2S. The normalized spacial score (nSPS) is 32.6. The van der Waals surface area contributed by atoms with Gasteiger partial charge in [0.1, 0.15) is 0 Å². The molecule has 4 bridgehead atoms. The van der Waals surface area contributed by atoms with Crippen LogP contribution in [0.4, 0.5) is 0 Å². The fourth-order valence-corrected chi connectivity index (χ4v) is 6.58. The van der Waals surface area contributed by atoms with Crippen LogP contribution >= 0.6 is 11.3 Å². The van der Waals surface area contributed by atoms with Crippen LogP contribution in [0, 0.1) is 23.2 Å². The molecule has 0 aliphatic heterocycles. The van der Waals surface area contributed by atoms with Crippen molar-refractivity contribution in [3.05, 3.63) is 22.4 Å². The molecule has 5 heteroatoms. The van der Waals surface area contributed by atoms with E-state index >= 15 is 0 Å². The van der Waals surface area contributed by atoms with Crippen molar-refractivity contribution >= 4 is 23.2 Å². The Labute approximate surface area is 153 Å². The maximum atomic E-state index is 12.0. The van der Waals surface area contributed by atoms with Crippen LogP contribution in [-0.2, 0) is 4.79 Å². The maximum Gasteiger partial charge on any atom is 0.261 e. The third kappa shape index (κ3) is 3.91. The Morgan fingerprint density at radius 3 is 2.32 bits per heavy atom. The SMILES string of the molecule is O=C(CCNC(=O)c1cccs1)NCCC12CC3CC(CC(C3)C1)C2. The van der Waals surface area contributed by atoms with Crippen LogP contribution in [0.15, 0.2) is 17.5 Å². The Balaban J connectivity index is 1.15. The molecule has 0 saturated heterocycles. The van der Waals surface area contributed by atoms with Crippen molar-refractivity contribution < 1.29 is 9.59 Å². The van der Waals surface area contributed by atoms with Crippen LogP contribution in [0.3, 0.4) is 0 Å². The second-order valence-corrected chi connectivity index (χ2v) is 9.45. The quantitative estimate of drug-likeness (QED) is 0.781. The van der Waals surface area contributed by atoms with E-state index in [1.54, 1.807) is 6.07 Å². The maximum absolute atomic E-state index is 12.0. The first-order chi connectivity index (χ1) is 12.1. The standard InChI is InChI=1S/C20H28N2O2S/c23-18(3-5-22-19(24)17-2-1-7-25-17)21-6-4-20-11-14-8-15(12-20)10-16(9-14)13-20/h1-2,7,14-16H,3-6,8-13H2,(H,21,23)(H,22,24). The van der Waals surface area contributed by atoms with Crippen molar-refractivity contribution in [3.8, 4) is 0 Å². The topological polar surface area (TPSA) is 58.2 Å². The van der Waals surface area contributed by atoms with Crippen molar-refractivity contribution in [3.63, 3.8) is 0 Å². The van der Waals surface area contributed by atoms with Crippen LogP contribution in [0.25, 0.3) is 0 Å². The van der Waals surface area contributed by atoms with Gasteiger partial charge in [0.2, 0.25) is 5.91 Å². The highest BCUT2D eigenvalue weighted by Crippen LogP contribution is 2.61. The number of hydrogen-bond acceptors (Lipinski definition) is 3. The molecule has 2 amide bonds. The summed E-state index contributed by atoms with van der Waals surface area (Å²) >= 11 is 1.42. The Hall–Kier alpha value is -1.36. The predicted octanol–water partition coefficient (Wildman–Crippen LogP) is 3.59. The number of amides is 2. The molecule has 4 aliphatic carbocycles. The van der Waals surface area contributed by atoms with E-state index in [1.807, 2.05) is 11.4 Å². The Morgan fingerprint density at radius 2 is 1.72 bits per heavy atom. The molecular weight excluding hydrogens is 332 g/mol.